The number of hydrogen-bond acceptors (Lipinski definition) is 4. The Morgan fingerprint density at radius 1 is 1.30 bits per heavy atom. The van der Waals surface area contributed by atoms with Gasteiger partial charge in [-0.25, -0.2) is 0 Å². The largest absolute Gasteiger partial charge is 0.494 e. The molecule has 0 saturated carbocycles. The van der Waals surface area contributed by atoms with E-state index in [-0.39, 0.29) is 5.97 Å². The third kappa shape index (κ3) is 3.26. The summed E-state index contributed by atoms with van der Waals surface area (Å²) in [5.74, 6) is 0.642. The van der Waals surface area contributed by atoms with Gasteiger partial charge in [-0.15, -0.1) is 0 Å². The highest BCUT2D eigenvalue weighted by Gasteiger charge is 2.07. The predicted octanol–water partition coefficient (Wildman–Crippen LogP) is 3.05. The van der Waals surface area contributed by atoms with Crippen LogP contribution in [0.25, 0.3) is 10.9 Å². The van der Waals surface area contributed by atoms with E-state index in [0.29, 0.717) is 19.4 Å². The molecule has 0 N–H and O–H groups in total. The number of aromatic nitrogens is 1. The summed E-state index contributed by atoms with van der Waals surface area (Å²) in [5.41, 5.74) is 2.97. The maximum absolute atomic E-state index is 11.2. The fourth-order valence-electron chi connectivity index (χ4n) is 2.16. The molecule has 0 radical (unpaired) electrons. The molecule has 1 aromatic heterocycles. The van der Waals surface area contributed by atoms with Gasteiger partial charge in [0.2, 0.25) is 0 Å². The number of carbonyl (C=O) groups is 1. The average Bonchev–Trinajstić information content (AvgIpc) is 2.45. The Kier molecular flexibility index (Phi) is 4.56. The Balaban J connectivity index is 2.28. The summed E-state index contributed by atoms with van der Waals surface area (Å²) in [6.07, 6.45) is 0.947. The molecular formula is C16H19NO3. The van der Waals surface area contributed by atoms with Crippen molar-refractivity contribution < 1.29 is 14.3 Å². The van der Waals surface area contributed by atoms with E-state index in [2.05, 4.69) is 9.72 Å². The number of hydrogen-bond donors (Lipinski definition) is 0. The van der Waals surface area contributed by atoms with Crippen molar-refractivity contribution in [3.8, 4) is 5.75 Å². The van der Waals surface area contributed by atoms with Gasteiger partial charge in [0.05, 0.1) is 25.7 Å². The third-order valence-corrected chi connectivity index (χ3v) is 3.16. The Morgan fingerprint density at radius 3 is 2.80 bits per heavy atom. The average molecular weight is 273 g/mol. The minimum absolute atomic E-state index is 0.212. The van der Waals surface area contributed by atoms with Gasteiger partial charge in [-0.2, -0.15) is 0 Å². The summed E-state index contributed by atoms with van der Waals surface area (Å²) >= 11 is 0. The maximum atomic E-state index is 11.2. The molecule has 0 aliphatic heterocycles. The normalized spacial score (nSPS) is 10.6. The summed E-state index contributed by atoms with van der Waals surface area (Å²) in [7, 11) is 1.40. The van der Waals surface area contributed by atoms with Crippen LogP contribution in [0.15, 0.2) is 24.3 Å². The number of ether oxygens (including phenoxy) is 2. The first-order valence-electron chi connectivity index (χ1n) is 6.74. The van der Waals surface area contributed by atoms with Crippen LogP contribution in [-0.2, 0) is 16.0 Å². The van der Waals surface area contributed by atoms with E-state index >= 15 is 0 Å². The van der Waals surface area contributed by atoms with Crippen LogP contribution in [0.2, 0.25) is 0 Å². The van der Waals surface area contributed by atoms with E-state index in [1.165, 1.54) is 7.11 Å². The molecule has 0 amide bonds. The van der Waals surface area contributed by atoms with Crippen LogP contribution in [-0.4, -0.2) is 24.7 Å². The van der Waals surface area contributed by atoms with Crippen molar-refractivity contribution in [2.24, 2.45) is 0 Å². The fourth-order valence-corrected chi connectivity index (χ4v) is 2.16. The van der Waals surface area contributed by atoms with Gasteiger partial charge in [0.1, 0.15) is 5.75 Å². The fraction of sp³-hybridized carbons (Fsp3) is 0.375. The summed E-state index contributed by atoms with van der Waals surface area (Å²) in [4.78, 5) is 15.8. The summed E-state index contributed by atoms with van der Waals surface area (Å²) in [6, 6.07) is 7.89. The van der Waals surface area contributed by atoms with Crippen molar-refractivity contribution in [3.05, 3.63) is 35.5 Å². The summed E-state index contributed by atoms with van der Waals surface area (Å²) in [5, 5.41) is 1.08. The van der Waals surface area contributed by atoms with E-state index in [4.69, 9.17) is 4.74 Å². The van der Waals surface area contributed by atoms with Crippen molar-refractivity contribution in [3.63, 3.8) is 0 Å². The quantitative estimate of drug-likeness (QED) is 0.786. The van der Waals surface area contributed by atoms with Gasteiger partial charge in [-0.05, 0) is 43.7 Å². The predicted molar refractivity (Wildman–Crippen MR) is 78.0 cm³/mol. The molecule has 20 heavy (non-hydrogen) atoms. The Morgan fingerprint density at radius 2 is 2.10 bits per heavy atom. The van der Waals surface area contributed by atoms with Crippen LogP contribution in [0.1, 0.15) is 24.6 Å². The molecule has 4 heteroatoms. The molecule has 0 unspecified atom stereocenters. The van der Waals surface area contributed by atoms with Gasteiger partial charge < -0.3 is 9.47 Å². The minimum atomic E-state index is -0.212. The smallest absolute Gasteiger partial charge is 0.305 e. The first kappa shape index (κ1) is 14.3. The molecule has 106 valence electrons. The van der Waals surface area contributed by atoms with Crippen LogP contribution in [0.5, 0.6) is 5.75 Å². The topological polar surface area (TPSA) is 48.4 Å². The first-order valence-corrected chi connectivity index (χ1v) is 6.74. The molecule has 0 fully saturated rings. The minimum Gasteiger partial charge on any atom is -0.494 e. The van der Waals surface area contributed by atoms with Crippen LogP contribution in [0.3, 0.4) is 0 Å². The molecule has 0 aliphatic carbocycles. The van der Waals surface area contributed by atoms with E-state index in [1.807, 2.05) is 38.1 Å². The van der Waals surface area contributed by atoms with Crippen molar-refractivity contribution in [1.82, 2.24) is 4.98 Å². The van der Waals surface area contributed by atoms with Gasteiger partial charge in [0, 0.05) is 17.5 Å². The second-order valence-electron chi connectivity index (χ2n) is 4.62. The van der Waals surface area contributed by atoms with Gasteiger partial charge in [0.25, 0.3) is 0 Å². The summed E-state index contributed by atoms with van der Waals surface area (Å²) < 4.78 is 10.2. The second kappa shape index (κ2) is 6.37. The van der Waals surface area contributed by atoms with E-state index in [9.17, 15) is 4.79 Å². The van der Waals surface area contributed by atoms with Crippen molar-refractivity contribution in [2.45, 2.75) is 26.7 Å². The zero-order valence-electron chi connectivity index (χ0n) is 12.1. The number of fused-ring (bicyclic) bond motifs is 1. The lowest BCUT2D eigenvalue weighted by Crippen LogP contribution is -2.03. The van der Waals surface area contributed by atoms with Crippen LogP contribution in [0.4, 0.5) is 0 Å². The lowest BCUT2D eigenvalue weighted by molar-refractivity contribution is -0.140. The van der Waals surface area contributed by atoms with Crippen molar-refractivity contribution in [2.75, 3.05) is 13.7 Å². The molecular weight excluding hydrogens is 254 g/mol. The number of benzene rings is 1. The molecule has 2 rings (SSSR count). The Hall–Kier alpha value is -2.10. The highest BCUT2D eigenvalue weighted by molar-refractivity contribution is 5.83. The van der Waals surface area contributed by atoms with Crippen molar-refractivity contribution >= 4 is 16.9 Å². The molecule has 1 aromatic carbocycles. The number of esters is 1. The highest BCUT2D eigenvalue weighted by atomic mass is 16.5. The highest BCUT2D eigenvalue weighted by Crippen LogP contribution is 2.23. The number of aryl methyl sites for hydroxylation is 2. The van der Waals surface area contributed by atoms with Crippen LogP contribution < -0.4 is 4.74 Å². The van der Waals surface area contributed by atoms with Gasteiger partial charge in [0.15, 0.2) is 0 Å². The second-order valence-corrected chi connectivity index (χ2v) is 4.62. The zero-order chi connectivity index (χ0) is 14.5. The number of carbonyl (C=O) groups excluding carboxylic acids is 1. The molecule has 0 saturated heterocycles. The van der Waals surface area contributed by atoms with Crippen molar-refractivity contribution in [1.29, 1.82) is 0 Å². The molecule has 0 atom stereocenters. The number of pyridine rings is 1. The summed E-state index contributed by atoms with van der Waals surface area (Å²) in [6.45, 7) is 4.65. The van der Waals surface area contributed by atoms with Crippen LogP contribution in [0, 0.1) is 6.92 Å². The van der Waals surface area contributed by atoms with E-state index in [1.54, 1.807) is 0 Å². The molecule has 1 heterocycles. The van der Waals surface area contributed by atoms with Gasteiger partial charge >= 0.3 is 5.97 Å². The lowest BCUT2D eigenvalue weighted by Gasteiger charge is -2.09. The Bertz CT molecular complexity index is 622. The van der Waals surface area contributed by atoms with E-state index < -0.39 is 0 Å². The number of methoxy groups -OCH3 is 1. The zero-order valence-corrected chi connectivity index (χ0v) is 12.1. The van der Waals surface area contributed by atoms with E-state index in [0.717, 1.165) is 27.9 Å². The molecule has 0 bridgehead atoms. The molecule has 0 aliphatic rings. The molecule has 4 nitrogen and oxygen atoms in total. The number of nitrogens with zero attached hydrogens (tertiary/aromatic N) is 1. The standard InChI is InChI=1S/C16H19NO3/c1-4-20-13-6-7-15-14(10-13)11(2)9-12(17-15)5-8-16(18)19-3/h6-7,9-10H,4-5,8H2,1-3H3. The maximum Gasteiger partial charge on any atom is 0.305 e. The Labute approximate surface area is 118 Å². The molecule has 0 spiro atoms. The monoisotopic (exact) mass is 273 g/mol. The van der Waals surface area contributed by atoms with Gasteiger partial charge in [-0.3, -0.25) is 9.78 Å². The SMILES string of the molecule is CCOc1ccc2nc(CCC(=O)OC)cc(C)c2c1. The van der Waals surface area contributed by atoms with Gasteiger partial charge in [-0.1, -0.05) is 0 Å². The van der Waals surface area contributed by atoms with Crippen LogP contribution >= 0.6 is 0 Å². The molecule has 2 aromatic rings. The lowest BCUT2D eigenvalue weighted by atomic mass is 10.1. The third-order valence-electron chi connectivity index (χ3n) is 3.16. The number of rotatable bonds is 5. The first-order chi connectivity index (χ1) is 9.63.